The zero-order chi connectivity index (χ0) is 12.6. The van der Waals surface area contributed by atoms with Gasteiger partial charge in [0.05, 0.1) is 0 Å². The Morgan fingerprint density at radius 3 is 1.75 bits per heavy atom. The summed E-state index contributed by atoms with van der Waals surface area (Å²) in [6.45, 7) is 1.60. The van der Waals surface area contributed by atoms with Crippen LogP contribution in [0.5, 0.6) is 0 Å². The molecule has 0 aromatic carbocycles. The smallest absolute Gasteiger partial charge is 0.313 e. The lowest BCUT2D eigenvalue weighted by Gasteiger charge is -2.31. The molecule has 1 atom stereocenters. The second-order valence-corrected chi connectivity index (χ2v) is 3.98. The number of hydrogen-bond acceptors (Lipinski definition) is 1. The fourth-order valence-corrected chi connectivity index (χ4v) is 1.84. The van der Waals surface area contributed by atoms with Gasteiger partial charge in [-0.25, -0.2) is 0 Å². The van der Waals surface area contributed by atoms with Crippen molar-refractivity contribution in [2.75, 3.05) is 6.54 Å². The van der Waals surface area contributed by atoms with Crippen molar-refractivity contribution in [1.29, 1.82) is 0 Å². The standard InChI is InChI=1S/C9H13F6N/c1-2-16-6(5-3-4-5)7(8(10,11)12)9(13,14)15/h5-7,16H,2-4H2,1H3. The maximum absolute atomic E-state index is 12.4. The minimum absolute atomic E-state index is 0.101. The Kier molecular flexibility index (Phi) is 3.76. The van der Waals surface area contributed by atoms with Crippen molar-refractivity contribution in [2.45, 2.75) is 38.2 Å². The van der Waals surface area contributed by atoms with Crippen LogP contribution in [0.1, 0.15) is 19.8 Å². The van der Waals surface area contributed by atoms with E-state index in [2.05, 4.69) is 5.32 Å². The van der Waals surface area contributed by atoms with Gasteiger partial charge in [-0.15, -0.1) is 0 Å². The predicted octanol–water partition coefficient (Wildman–Crippen LogP) is 3.12. The highest BCUT2D eigenvalue weighted by Crippen LogP contribution is 2.47. The monoisotopic (exact) mass is 249 g/mol. The molecule has 0 bridgehead atoms. The molecule has 1 nitrogen and oxygen atoms in total. The molecule has 0 aliphatic heterocycles. The van der Waals surface area contributed by atoms with E-state index < -0.39 is 30.2 Å². The SMILES string of the molecule is CCNC(C1CC1)C(C(F)(F)F)C(F)(F)F. The molecule has 0 aromatic heterocycles. The molecule has 0 saturated heterocycles. The number of nitrogens with one attached hydrogen (secondary N) is 1. The van der Waals surface area contributed by atoms with Gasteiger partial charge in [0.25, 0.3) is 0 Å². The molecule has 1 unspecified atom stereocenters. The van der Waals surface area contributed by atoms with E-state index in [9.17, 15) is 26.3 Å². The molecule has 1 aliphatic rings. The minimum Gasteiger partial charge on any atom is -0.313 e. The van der Waals surface area contributed by atoms with Gasteiger partial charge in [0.15, 0.2) is 5.92 Å². The van der Waals surface area contributed by atoms with Crippen molar-refractivity contribution in [3.63, 3.8) is 0 Å². The normalized spacial score (nSPS) is 20.2. The lowest BCUT2D eigenvalue weighted by molar-refractivity contribution is -0.293. The molecule has 1 fully saturated rings. The molecule has 0 heterocycles. The largest absolute Gasteiger partial charge is 0.402 e. The van der Waals surface area contributed by atoms with Crippen molar-refractivity contribution in [3.05, 3.63) is 0 Å². The summed E-state index contributed by atoms with van der Waals surface area (Å²) in [5.74, 6) is -3.76. The van der Waals surface area contributed by atoms with E-state index in [0.29, 0.717) is 12.8 Å². The Balaban J connectivity index is 2.88. The lowest BCUT2D eigenvalue weighted by atomic mass is 9.94. The Morgan fingerprint density at radius 2 is 1.50 bits per heavy atom. The van der Waals surface area contributed by atoms with Crippen LogP contribution in [-0.2, 0) is 0 Å². The van der Waals surface area contributed by atoms with Crippen LogP contribution in [0.25, 0.3) is 0 Å². The molecular formula is C9H13F6N. The van der Waals surface area contributed by atoms with E-state index in [-0.39, 0.29) is 6.54 Å². The van der Waals surface area contributed by atoms with Crippen molar-refractivity contribution in [3.8, 4) is 0 Å². The van der Waals surface area contributed by atoms with E-state index in [1.54, 1.807) is 0 Å². The number of rotatable bonds is 4. The molecule has 0 amide bonds. The maximum atomic E-state index is 12.4. The van der Waals surface area contributed by atoms with Crippen LogP contribution in [0.4, 0.5) is 26.3 Å². The van der Waals surface area contributed by atoms with Crippen molar-refractivity contribution < 1.29 is 26.3 Å². The molecular weight excluding hydrogens is 236 g/mol. The second-order valence-electron chi connectivity index (χ2n) is 3.98. The highest BCUT2D eigenvalue weighted by molar-refractivity contribution is 4.96. The van der Waals surface area contributed by atoms with Gasteiger partial charge in [-0.3, -0.25) is 0 Å². The van der Waals surface area contributed by atoms with Crippen LogP contribution < -0.4 is 5.32 Å². The molecule has 1 rings (SSSR count). The first-order valence-corrected chi connectivity index (χ1v) is 5.04. The summed E-state index contributed by atoms with van der Waals surface area (Å²) in [4.78, 5) is 0. The summed E-state index contributed by atoms with van der Waals surface area (Å²) < 4.78 is 74.5. The maximum Gasteiger partial charge on any atom is 0.402 e. The Morgan fingerprint density at radius 1 is 1.06 bits per heavy atom. The Labute approximate surface area is 89.2 Å². The fourth-order valence-electron chi connectivity index (χ4n) is 1.84. The molecule has 0 aromatic rings. The molecule has 0 radical (unpaired) electrons. The van der Waals surface area contributed by atoms with Crippen LogP contribution in [0.2, 0.25) is 0 Å². The van der Waals surface area contributed by atoms with Gasteiger partial charge in [0.2, 0.25) is 0 Å². The topological polar surface area (TPSA) is 12.0 Å². The van der Waals surface area contributed by atoms with E-state index in [4.69, 9.17) is 0 Å². The van der Waals surface area contributed by atoms with E-state index in [1.165, 1.54) is 6.92 Å². The molecule has 1 aliphatic carbocycles. The third kappa shape index (κ3) is 3.26. The molecule has 7 heteroatoms. The summed E-state index contributed by atoms with van der Waals surface area (Å²) in [5.41, 5.74) is 0. The summed E-state index contributed by atoms with van der Waals surface area (Å²) in [5, 5.41) is 2.32. The van der Waals surface area contributed by atoms with Gasteiger partial charge in [-0.1, -0.05) is 6.92 Å². The number of alkyl halides is 6. The minimum atomic E-state index is -5.24. The first-order chi connectivity index (χ1) is 7.18. The van der Waals surface area contributed by atoms with E-state index in [1.807, 2.05) is 0 Å². The van der Waals surface area contributed by atoms with Gasteiger partial charge >= 0.3 is 12.4 Å². The van der Waals surface area contributed by atoms with Gasteiger partial charge < -0.3 is 5.32 Å². The van der Waals surface area contributed by atoms with E-state index in [0.717, 1.165) is 0 Å². The third-order valence-electron chi connectivity index (χ3n) is 2.63. The van der Waals surface area contributed by atoms with Crippen LogP contribution in [0.15, 0.2) is 0 Å². The summed E-state index contributed by atoms with van der Waals surface area (Å²) >= 11 is 0. The Bertz CT molecular complexity index is 215. The Hall–Kier alpha value is -0.460. The highest BCUT2D eigenvalue weighted by Gasteiger charge is 2.62. The predicted molar refractivity (Wildman–Crippen MR) is 45.8 cm³/mol. The van der Waals surface area contributed by atoms with Crippen molar-refractivity contribution >= 4 is 0 Å². The second kappa shape index (κ2) is 4.43. The molecule has 0 spiro atoms. The van der Waals surface area contributed by atoms with E-state index >= 15 is 0 Å². The van der Waals surface area contributed by atoms with Gasteiger partial charge in [-0.2, -0.15) is 26.3 Å². The average molecular weight is 249 g/mol. The van der Waals surface area contributed by atoms with Crippen molar-refractivity contribution in [1.82, 2.24) is 5.32 Å². The lowest BCUT2D eigenvalue weighted by Crippen LogP contribution is -2.52. The first-order valence-electron chi connectivity index (χ1n) is 5.04. The quantitative estimate of drug-likeness (QED) is 0.755. The number of halogens is 6. The summed E-state index contributed by atoms with van der Waals surface area (Å²) in [6.07, 6.45) is -9.62. The summed E-state index contributed by atoms with van der Waals surface area (Å²) in [7, 11) is 0. The molecule has 1 saturated carbocycles. The van der Waals surface area contributed by atoms with Crippen LogP contribution in [-0.4, -0.2) is 24.9 Å². The fraction of sp³-hybridized carbons (Fsp3) is 1.00. The molecule has 1 N–H and O–H groups in total. The molecule has 96 valence electrons. The zero-order valence-electron chi connectivity index (χ0n) is 8.62. The summed E-state index contributed by atoms with van der Waals surface area (Å²) in [6, 6.07) is -1.54. The van der Waals surface area contributed by atoms with Crippen LogP contribution in [0.3, 0.4) is 0 Å². The van der Waals surface area contributed by atoms with Crippen LogP contribution in [0, 0.1) is 11.8 Å². The first kappa shape index (κ1) is 13.6. The molecule has 16 heavy (non-hydrogen) atoms. The van der Waals surface area contributed by atoms with Gasteiger partial charge in [0.1, 0.15) is 0 Å². The van der Waals surface area contributed by atoms with Gasteiger partial charge in [0, 0.05) is 6.04 Å². The third-order valence-corrected chi connectivity index (χ3v) is 2.63. The highest BCUT2D eigenvalue weighted by atomic mass is 19.4. The zero-order valence-corrected chi connectivity index (χ0v) is 8.62. The number of hydrogen-bond donors (Lipinski definition) is 1. The van der Waals surface area contributed by atoms with Crippen LogP contribution >= 0.6 is 0 Å². The van der Waals surface area contributed by atoms with Gasteiger partial charge in [-0.05, 0) is 25.3 Å². The average Bonchev–Trinajstić information content (AvgIpc) is 2.79. The van der Waals surface area contributed by atoms with Crippen molar-refractivity contribution in [2.24, 2.45) is 11.8 Å².